The van der Waals surface area contributed by atoms with Crippen molar-refractivity contribution < 1.29 is 9.50 Å². The van der Waals surface area contributed by atoms with E-state index in [1.807, 2.05) is 25.2 Å². The lowest BCUT2D eigenvalue weighted by Gasteiger charge is -2.16. The predicted molar refractivity (Wildman–Crippen MR) is 74.8 cm³/mol. The van der Waals surface area contributed by atoms with Gasteiger partial charge in [-0.05, 0) is 55.3 Å². The SMILES string of the molecule is CNC(Cc1ccc(O)cc1)Cc1cccc(F)c1. The molecule has 0 aliphatic carbocycles. The van der Waals surface area contributed by atoms with Crippen LogP contribution in [-0.2, 0) is 12.8 Å². The number of likely N-dealkylation sites (N-methyl/N-ethyl adjacent to an activating group) is 1. The zero-order valence-corrected chi connectivity index (χ0v) is 10.9. The molecule has 0 aromatic heterocycles. The summed E-state index contributed by atoms with van der Waals surface area (Å²) in [5.41, 5.74) is 2.13. The molecule has 2 N–H and O–H groups in total. The minimum atomic E-state index is -0.197. The van der Waals surface area contributed by atoms with E-state index in [0.717, 1.165) is 24.0 Å². The number of hydrogen-bond donors (Lipinski definition) is 2. The molecule has 0 bridgehead atoms. The minimum absolute atomic E-state index is 0.197. The van der Waals surface area contributed by atoms with E-state index in [1.165, 1.54) is 6.07 Å². The average molecular weight is 259 g/mol. The van der Waals surface area contributed by atoms with Gasteiger partial charge in [0.05, 0.1) is 0 Å². The third-order valence-electron chi connectivity index (χ3n) is 3.20. The summed E-state index contributed by atoms with van der Waals surface area (Å²) in [5.74, 6) is 0.0758. The molecule has 19 heavy (non-hydrogen) atoms. The van der Waals surface area contributed by atoms with Crippen LogP contribution in [0.2, 0.25) is 0 Å². The summed E-state index contributed by atoms with van der Waals surface area (Å²) in [6.07, 6.45) is 1.61. The molecule has 1 atom stereocenters. The van der Waals surface area contributed by atoms with E-state index in [9.17, 15) is 9.50 Å². The van der Waals surface area contributed by atoms with Crippen LogP contribution < -0.4 is 5.32 Å². The highest BCUT2D eigenvalue weighted by Gasteiger charge is 2.09. The van der Waals surface area contributed by atoms with Crippen molar-refractivity contribution in [3.05, 3.63) is 65.5 Å². The van der Waals surface area contributed by atoms with E-state index in [2.05, 4.69) is 5.32 Å². The van der Waals surface area contributed by atoms with Gasteiger partial charge in [0.25, 0.3) is 0 Å². The quantitative estimate of drug-likeness (QED) is 0.865. The first kappa shape index (κ1) is 13.6. The Labute approximate surface area is 112 Å². The van der Waals surface area contributed by atoms with E-state index >= 15 is 0 Å². The lowest BCUT2D eigenvalue weighted by molar-refractivity contribution is 0.474. The first-order valence-corrected chi connectivity index (χ1v) is 6.37. The Hall–Kier alpha value is -1.87. The van der Waals surface area contributed by atoms with Crippen molar-refractivity contribution in [1.82, 2.24) is 5.32 Å². The van der Waals surface area contributed by atoms with Gasteiger partial charge < -0.3 is 10.4 Å². The molecule has 1 unspecified atom stereocenters. The Kier molecular flexibility index (Phi) is 4.53. The summed E-state index contributed by atoms with van der Waals surface area (Å²) in [6.45, 7) is 0. The van der Waals surface area contributed by atoms with Crippen molar-refractivity contribution in [3.8, 4) is 5.75 Å². The summed E-state index contributed by atoms with van der Waals surface area (Å²) < 4.78 is 13.1. The van der Waals surface area contributed by atoms with E-state index in [0.29, 0.717) is 0 Å². The number of hydrogen-bond acceptors (Lipinski definition) is 2. The van der Waals surface area contributed by atoms with Crippen LogP contribution in [0.15, 0.2) is 48.5 Å². The van der Waals surface area contributed by atoms with Crippen LogP contribution in [0, 0.1) is 5.82 Å². The maximum atomic E-state index is 13.1. The third-order valence-corrected chi connectivity index (χ3v) is 3.20. The second-order valence-electron chi connectivity index (χ2n) is 4.69. The molecule has 0 saturated carbocycles. The molecule has 0 heterocycles. The van der Waals surface area contributed by atoms with Crippen LogP contribution >= 0.6 is 0 Å². The van der Waals surface area contributed by atoms with Crippen LogP contribution in [0.25, 0.3) is 0 Å². The fourth-order valence-corrected chi connectivity index (χ4v) is 2.14. The third kappa shape index (κ3) is 4.07. The summed E-state index contributed by atoms with van der Waals surface area (Å²) in [6, 6.07) is 14.1. The molecule has 2 aromatic rings. The van der Waals surface area contributed by atoms with E-state index in [-0.39, 0.29) is 17.6 Å². The van der Waals surface area contributed by atoms with Crippen molar-refractivity contribution in [3.63, 3.8) is 0 Å². The van der Waals surface area contributed by atoms with Gasteiger partial charge in [-0.25, -0.2) is 4.39 Å². The largest absolute Gasteiger partial charge is 0.508 e. The first-order chi connectivity index (χ1) is 9.17. The van der Waals surface area contributed by atoms with Crippen LogP contribution in [0.3, 0.4) is 0 Å². The molecule has 0 amide bonds. The van der Waals surface area contributed by atoms with Gasteiger partial charge in [0, 0.05) is 6.04 Å². The molecule has 0 fully saturated rings. The highest BCUT2D eigenvalue weighted by Crippen LogP contribution is 2.13. The molecule has 0 spiro atoms. The molecule has 2 rings (SSSR count). The highest BCUT2D eigenvalue weighted by atomic mass is 19.1. The van der Waals surface area contributed by atoms with Gasteiger partial charge in [-0.1, -0.05) is 24.3 Å². The molecule has 2 nitrogen and oxygen atoms in total. The number of rotatable bonds is 5. The van der Waals surface area contributed by atoms with Gasteiger partial charge in [-0.15, -0.1) is 0 Å². The van der Waals surface area contributed by atoms with Crippen molar-refractivity contribution in [2.45, 2.75) is 18.9 Å². The van der Waals surface area contributed by atoms with Crippen molar-refractivity contribution in [1.29, 1.82) is 0 Å². The Bertz CT molecular complexity index is 525. The van der Waals surface area contributed by atoms with Crippen molar-refractivity contribution in [2.75, 3.05) is 7.05 Å². The van der Waals surface area contributed by atoms with Crippen LogP contribution in [0.1, 0.15) is 11.1 Å². The van der Waals surface area contributed by atoms with Crippen molar-refractivity contribution >= 4 is 0 Å². The second kappa shape index (κ2) is 6.34. The van der Waals surface area contributed by atoms with Crippen molar-refractivity contribution in [2.24, 2.45) is 0 Å². The van der Waals surface area contributed by atoms with Gasteiger partial charge in [0.1, 0.15) is 11.6 Å². The zero-order chi connectivity index (χ0) is 13.7. The molecule has 3 heteroatoms. The first-order valence-electron chi connectivity index (χ1n) is 6.37. The second-order valence-corrected chi connectivity index (χ2v) is 4.69. The molecule has 100 valence electrons. The topological polar surface area (TPSA) is 32.3 Å². The van der Waals surface area contributed by atoms with Gasteiger partial charge in [0.2, 0.25) is 0 Å². The average Bonchev–Trinajstić information content (AvgIpc) is 2.40. The number of phenols is 1. The molecule has 0 radical (unpaired) electrons. The fourth-order valence-electron chi connectivity index (χ4n) is 2.14. The molecular formula is C16H18FNO. The Morgan fingerprint density at radius 1 is 1.05 bits per heavy atom. The molecule has 2 aromatic carbocycles. The molecule has 0 aliphatic heterocycles. The Balaban J connectivity index is 2.02. The summed E-state index contributed by atoms with van der Waals surface area (Å²) in [7, 11) is 1.91. The lowest BCUT2D eigenvalue weighted by Crippen LogP contribution is -2.29. The van der Waals surface area contributed by atoms with Crippen LogP contribution in [0.4, 0.5) is 4.39 Å². The highest BCUT2D eigenvalue weighted by molar-refractivity contribution is 5.27. The summed E-state index contributed by atoms with van der Waals surface area (Å²) >= 11 is 0. The molecule has 0 aliphatic rings. The Morgan fingerprint density at radius 3 is 2.37 bits per heavy atom. The normalized spacial score (nSPS) is 12.3. The fraction of sp³-hybridized carbons (Fsp3) is 0.250. The van der Waals surface area contributed by atoms with Gasteiger partial charge >= 0.3 is 0 Å². The number of phenolic OH excluding ortho intramolecular Hbond substituents is 1. The summed E-state index contributed by atoms with van der Waals surface area (Å²) in [4.78, 5) is 0. The van der Waals surface area contributed by atoms with Crippen LogP contribution in [-0.4, -0.2) is 18.2 Å². The summed E-state index contributed by atoms with van der Waals surface area (Å²) in [5, 5.41) is 12.5. The predicted octanol–water partition coefficient (Wildman–Crippen LogP) is 2.90. The molecule has 0 saturated heterocycles. The monoisotopic (exact) mass is 259 g/mol. The zero-order valence-electron chi connectivity index (χ0n) is 10.9. The standard InChI is InChI=1S/C16H18FNO/c1-18-15(10-12-5-7-16(19)8-6-12)11-13-3-2-4-14(17)9-13/h2-9,15,18-19H,10-11H2,1H3. The number of benzene rings is 2. The lowest BCUT2D eigenvalue weighted by atomic mass is 9.99. The molecular weight excluding hydrogens is 241 g/mol. The number of nitrogens with one attached hydrogen (secondary N) is 1. The van der Waals surface area contributed by atoms with Gasteiger partial charge in [-0.2, -0.15) is 0 Å². The minimum Gasteiger partial charge on any atom is -0.508 e. The van der Waals surface area contributed by atoms with Gasteiger partial charge in [-0.3, -0.25) is 0 Å². The smallest absolute Gasteiger partial charge is 0.123 e. The Morgan fingerprint density at radius 2 is 1.74 bits per heavy atom. The maximum Gasteiger partial charge on any atom is 0.123 e. The van der Waals surface area contributed by atoms with E-state index < -0.39 is 0 Å². The van der Waals surface area contributed by atoms with Crippen LogP contribution in [0.5, 0.6) is 5.75 Å². The number of halogens is 1. The van der Waals surface area contributed by atoms with Gasteiger partial charge in [0.15, 0.2) is 0 Å². The van der Waals surface area contributed by atoms with E-state index in [1.54, 1.807) is 24.3 Å². The number of aromatic hydroxyl groups is 1. The van der Waals surface area contributed by atoms with E-state index in [4.69, 9.17) is 0 Å². The maximum absolute atomic E-state index is 13.1.